The lowest BCUT2D eigenvalue weighted by atomic mass is 9.98. The molecule has 54 valence electrons. The number of hydrogen-bond donors (Lipinski definition) is 2. The van der Waals surface area contributed by atoms with E-state index in [9.17, 15) is 5.11 Å². The predicted octanol–water partition coefficient (Wildman–Crippen LogP) is 0.844. The van der Waals surface area contributed by atoms with Crippen molar-refractivity contribution in [3.63, 3.8) is 0 Å². The first kappa shape index (κ1) is 7.03. The van der Waals surface area contributed by atoms with Crippen LogP contribution in [-0.4, -0.2) is 10.8 Å². The van der Waals surface area contributed by atoms with E-state index in [4.69, 9.17) is 5.73 Å². The van der Waals surface area contributed by atoms with Gasteiger partial charge in [0, 0.05) is 5.92 Å². The topological polar surface area (TPSA) is 46.2 Å². The smallest absolute Gasteiger partial charge is 0.116 e. The molecule has 9 heavy (non-hydrogen) atoms. The van der Waals surface area contributed by atoms with E-state index >= 15 is 0 Å². The standard InChI is InChI=1S/C7H15NO/c1-2-6-4-3-5-7(6,8)9/h6,9H,2-5,8H2,1H3. The van der Waals surface area contributed by atoms with Gasteiger partial charge in [-0.3, -0.25) is 0 Å². The lowest BCUT2D eigenvalue weighted by Crippen LogP contribution is -2.42. The average Bonchev–Trinajstić information content (AvgIpc) is 2.08. The monoisotopic (exact) mass is 129 g/mol. The van der Waals surface area contributed by atoms with E-state index in [-0.39, 0.29) is 0 Å². The summed E-state index contributed by atoms with van der Waals surface area (Å²) in [6.07, 6.45) is 3.98. The van der Waals surface area contributed by atoms with Crippen LogP contribution in [0.25, 0.3) is 0 Å². The molecule has 3 N–H and O–H groups in total. The lowest BCUT2D eigenvalue weighted by Gasteiger charge is -2.23. The minimum Gasteiger partial charge on any atom is -0.376 e. The van der Waals surface area contributed by atoms with Gasteiger partial charge in [-0.15, -0.1) is 0 Å². The maximum Gasteiger partial charge on any atom is 0.116 e. The van der Waals surface area contributed by atoms with Crippen molar-refractivity contribution in [1.29, 1.82) is 0 Å². The van der Waals surface area contributed by atoms with Gasteiger partial charge in [-0.25, -0.2) is 0 Å². The quantitative estimate of drug-likeness (QED) is 0.515. The Kier molecular flexibility index (Phi) is 1.78. The second-order valence-electron chi connectivity index (χ2n) is 2.99. The highest BCUT2D eigenvalue weighted by Crippen LogP contribution is 2.33. The molecule has 0 saturated heterocycles. The van der Waals surface area contributed by atoms with Gasteiger partial charge in [-0.05, 0) is 25.7 Å². The van der Waals surface area contributed by atoms with E-state index in [1.165, 1.54) is 0 Å². The van der Waals surface area contributed by atoms with Gasteiger partial charge in [0.2, 0.25) is 0 Å². The largest absolute Gasteiger partial charge is 0.376 e. The molecule has 0 heterocycles. The molecule has 0 bridgehead atoms. The zero-order valence-electron chi connectivity index (χ0n) is 5.93. The van der Waals surface area contributed by atoms with Crippen LogP contribution in [0.2, 0.25) is 0 Å². The molecule has 0 aromatic rings. The Morgan fingerprint density at radius 1 is 1.78 bits per heavy atom. The Morgan fingerprint density at radius 3 is 2.67 bits per heavy atom. The fraction of sp³-hybridized carbons (Fsp3) is 1.00. The number of hydrogen-bond acceptors (Lipinski definition) is 2. The van der Waals surface area contributed by atoms with E-state index in [0.717, 1.165) is 25.7 Å². The first-order valence-corrected chi connectivity index (χ1v) is 3.68. The molecular weight excluding hydrogens is 114 g/mol. The Morgan fingerprint density at radius 2 is 2.44 bits per heavy atom. The third-order valence-electron chi connectivity index (χ3n) is 2.33. The van der Waals surface area contributed by atoms with Gasteiger partial charge in [0.25, 0.3) is 0 Å². The Labute approximate surface area is 56.1 Å². The summed E-state index contributed by atoms with van der Waals surface area (Å²) in [4.78, 5) is 0. The molecule has 1 saturated carbocycles. The highest BCUT2D eigenvalue weighted by Gasteiger charge is 2.35. The number of nitrogens with two attached hydrogens (primary N) is 1. The molecule has 0 radical (unpaired) electrons. The summed E-state index contributed by atoms with van der Waals surface area (Å²) in [5.74, 6) is 0.345. The molecular formula is C7H15NO. The summed E-state index contributed by atoms with van der Waals surface area (Å²) in [6, 6.07) is 0. The van der Waals surface area contributed by atoms with Crippen molar-refractivity contribution in [2.45, 2.75) is 38.3 Å². The zero-order valence-corrected chi connectivity index (χ0v) is 5.93. The van der Waals surface area contributed by atoms with Crippen molar-refractivity contribution in [2.24, 2.45) is 11.7 Å². The number of aliphatic hydroxyl groups is 1. The molecule has 0 amide bonds. The van der Waals surface area contributed by atoms with Crippen LogP contribution in [0.1, 0.15) is 32.6 Å². The predicted molar refractivity (Wildman–Crippen MR) is 36.8 cm³/mol. The highest BCUT2D eigenvalue weighted by atomic mass is 16.3. The van der Waals surface area contributed by atoms with Crippen molar-refractivity contribution >= 4 is 0 Å². The van der Waals surface area contributed by atoms with E-state index in [2.05, 4.69) is 6.92 Å². The normalized spacial score (nSPS) is 43.7. The first-order chi connectivity index (χ1) is 4.17. The number of rotatable bonds is 1. The van der Waals surface area contributed by atoms with Gasteiger partial charge >= 0.3 is 0 Å². The maximum absolute atomic E-state index is 9.43. The van der Waals surface area contributed by atoms with E-state index < -0.39 is 5.72 Å². The molecule has 1 fully saturated rings. The third-order valence-corrected chi connectivity index (χ3v) is 2.33. The van der Waals surface area contributed by atoms with Crippen LogP contribution in [0.4, 0.5) is 0 Å². The molecule has 1 aliphatic carbocycles. The van der Waals surface area contributed by atoms with Gasteiger partial charge in [0.15, 0.2) is 0 Å². The molecule has 2 unspecified atom stereocenters. The van der Waals surface area contributed by atoms with Gasteiger partial charge < -0.3 is 10.8 Å². The van der Waals surface area contributed by atoms with Crippen molar-refractivity contribution in [3.8, 4) is 0 Å². The SMILES string of the molecule is CCC1CCCC1(N)O. The molecule has 1 aliphatic rings. The second-order valence-corrected chi connectivity index (χ2v) is 2.99. The Balaban J connectivity index is 2.52. The summed E-state index contributed by atoms with van der Waals surface area (Å²) < 4.78 is 0. The fourth-order valence-electron chi connectivity index (χ4n) is 1.64. The molecule has 0 aromatic carbocycles. The van der Waals surface area contributed by atoms with Crippen LogP contribution in [-0.2, 0) is 0 Å². The summed E-state index contributed by atoms with van der Waals surface area (Å²) in [5, 5.41) is 9.43. The maximum atomic E-state index is 9.43. The van der Waals surface area contributed by atoms with Crippen molar-refractivity contribution in [2.75, 3.05) is 0 Å². The lowest BCUT2D eigenvalue weighted by molar-refractivity contribution is 0.00739. The molecule has 0 aliphatic heterocycles. The van der Waals surface area contributed by atoms with Gasteiger partial charge in [0.05, 0.1) is 0 Å². The molecule has 0 spiro atoms. The summed E-state index contributed by atoms with van der Waals surface area (Å²) in [6.45, 7) is 2.08. The van der Waals surface area contributed by atoms with Crippen LogP contribution in [0.5, 0.6) is 0 Å². The summed E-state index contributed by atoms with van der Waals surface area (Å²) in [7, 11) is 0. The minimum absolute atomic E-state index is 0.345. The van der Waals surface area contributed by atoms with E-state index in [0.29, 0.717) is 5.92 Å². The van der Waals surface area contributed by atoms with Crippen molar-refractivity contribution < 1.29 is 5.11 Å². The fourth-order valence-corrected chi connectivity index (χ4v) is 1.64. The summed E-state index contributed by atoms with van der Waals surface area (Å²) in [5.41, 5.74) is 4.75. The van der Waals surface area contributed by atoms with Crippen LogP contribution >= 0.6 is 0 Å². The minimum atomic E-state index is -0.839. The van der Waals surface area contributed by atoms with Crippen molar-refractivity contribution in [1.82, 2.24) is 0 Å². The molecule has 2 atom stereocenters. The molecule has 1 rings (SSSR count). The molecule has 0 aromatic heterocycles. The zero-order chi connectivity index (χ0) is 6.91. The third kappa shape index (κ3) is 1.25. The van der Waals surface area contributed by atoms with Crippen LogP contribution < -0.4 is 5.73 Å². The van der Waals surface area contributed by atoms with Gasteiger partial charge in [0.1, 0.15) is 5.72 Å². The second kappa shape index (κ2) is 2.27. The molecule has 2 nitrogen and oxygen atoms in total. The first-order valence-electron chi connectivity index (χ1n) is 3.68. The molecule has 2 heteroatoms. The van der Waals surface area contributed by atoms with E-state index in [1.807, 2.05) is 0 Å². The van der Waals surface area contributed by atoms with Crippen LogP contribution in [0.15, 0.2) is 0 Å². The van der Waals surface area contributed by atoms with Gasteiger partial charge in [-0.1, -0.05) is 6.92 Å². The van der Waals surface area contributed by atoms with Crippen LogP contribution in [0, 0.1) is 5.92 Å². The summed E-state index contributed by atoms with van der Waals surface area (Å²) >= 11 is 0. The van der Waals surface area contributed by atoms with Crippen molar-refractivity contribution in [3.05, 3.63) is 0 Å². The van der Waals surface area contributed by atoms with Gasteiger partial charge in [-0.2, -0.15) is 0 Å². The van der Waals surface area contributed by atoms with Crippen LogP contribution in [0.3, 0.4) is 0 Å². The average molecular weight is 129 g/mol. The Bertz CT molecular complexity index is 101. The highest BCUT2D eigenvalue weighted by molar-refractivity contribution is 4.85. The Hall–Kier alpha value is -0.0800. The van der Waals surface area contributed by atoms with E-state index in [1.54, 1.807) is 0 Å².